The van der Waals surface area contributed by atoms with E-state index in [1.54, 1.807) is 0 Å². The molecule has 3 nitrogen and oxygen atoms in total. The number of likely N-dealkylation sites (N-methyl/N-ethyl adjacent to an activating group) is 1. The molecule has 0 aliphatic heterocycles. The third kappa shape index (κ3) is 4.10. The number of rotatable bonds is 6. The smallest absolute Gasteiger partial charge is 0.0443 e. The second-order valence-electron chi connectivity index (χ2n) is 3.35. The van der Waals surface area contributed by atoms with E-state index in [2.05, 4.69) is 23.0 Å². The summed E-state index contributed by atoms with van der Waals surface area (Å²) in [5, 5.41) is 8.64. The highest BCUT2D eigenvalue weighted by atomic mass is 16.3. The molecule has 0 aliphatic carbocycles. The monoisotopic (exact) mass is 182 g/mol. The first kappa shape index (κ1) is 10.3. The van der Waals surface area contributed by atoms with Crippen LogP contribution in [0.1, 0.15) is 12.0 Å². The van der Waals surface area contributed by atoms with Crippen LogP contribution in [0.4, 0.5) is 0 Å². The molecule has 0 saturated carbocycles. The van der Waals surface area contributed by atoms with Gasteiger partial charge in [0, 0.05) is 32.1 Å². The third-order valence-corrected chi connectivity index (χ3v) is 2.14. The van der Waals surface area contributed by atoms with Gasteiger partial charge in [0.05, 0.1) is 0 Å². The summed E-state index contributed by atoms with van der Waals surface area (Å²) >= 11 is 0. The van der Waals surface area contributed by atoms with Crippen molar-refractivity contribution in [1.29, 1.82) is 0 Å². The second kappa shape index (κ2) is 5.78. The van der Waals surface area contributed by atoms with Gasteiger partial charge in [-0.2, -0.15) is 0 Å². The summed E-state index contributed by atoms with van der Waals surface area (Å²) in [5.74, 6) is 0. The van der Waals surface area contributed by atoms with Crippen molar-refractivity contribution >= 4 is 0 Å². The highest BCUT2D eigenvalue weighted by Crippen LogP contribution is 1.99. The SMILES string of the molecule is CN(CCCO)CCc1cc[nH]c1. The number of aromatic nitrogens is 1. The number of H-pyrrole nitrogens is 1. The van der Waals surface area contributed by atoms with Gasteiger partial charge in [-0.25, -0.2) is 0 Å². The van der Waals surface area contributed by atoms with E-state index in [4.69, 9.17) is 5.11 Å². The Morgan fingerprint density at radius 1 is 1.46 bits per heavy atom. The van der Waals surface area contributed by atoms with Gasteiger partial charge >= 0.3 is 0 Å². The van der Waals surface area contributed by atoms with Crippen molar-refractivity contribution in [3.63, 3.8) is 0 Å². The van der Waals surface area contributed by atoms with Crippen LogP contribution in [-0.4, -0.2) is 41.7 Å². The number of hydrogen-bond acceptors (Lipinski definition) is 2. The molecule has 13 heavy (non-hydrogen) atoms. The Morgan fingerprint density at radius 3 is 2.92 bits per heavy atom. The van der Waals surface area contributed by atoms with Crippen molar-refractivity contribution in [3.8, 4) is 0 Å². The van der Waals surface area contributed by atoms with Gasteiger partial charge in [-0.15, -0.1) is 0 Å². The van der Waals surface area contributed by atoms with E-state index in [1.807, 2.05) is 12.4 Å². The molecule has 0 aliphatic rings. The molecule has 0 atom stereocenters. The molecule has 0 fully saturated rings. The molecule has 0 saturated heterocycles. The number of aliphatic hydroxyl groups excluding tert-OH is 1. The van der Waals surface area contributed by atoms with E-state index in [0.717, 1.165) is 25.9 Å². The zero-order valence-corrected chi connectivity index (χ0v) is 8.16. The average molecular weight is 182 g/mol. The molecule has 1 rings (SSSR count). The van der Waals surface area contributed by atoms with Crippen LogP contribution in [0.5, 0.6) is 0 Å². The quantitative estimate of drug-likeness (QED) is 0.685. The van der Waals surface area contributed by atoms with Gasteiger partial charge in [-0.1, -0.05) is 0 Å². The lowest BCUT2D eigenvalue weighted by molar-refractivity contribution is 0.248. The fraction of sp³-hybridized carbons (Fsp3) is 0.600. The second-order valence-corrected chi connectivity index (χ2v) is 3.35. The highest BCUT2D eigenvalue weighted by molar-refractivity contribution is 5.08. The molecule has 0 radical (unpaired) electrons. The molecule has 0 bridgehead atoms. The minimum atomic E-state index is 0.286. The maximum absolute atomic E-state index is 8.64. The minimum absolute atomic E-state index is 0.286. The largest absolute Gasteiger partial charge is 0.396 e. The van der Waals surface area contributed by atoms with Crippen LogP contribution in [0.3, 0.4) is 0 Å². The number of nitrogens with zero attached hydrogens (tertiary/aromatic N) is 1. The molecule has 0 spiro atoms. The van der Waals surface area contributed by atoms with E-state index < -0.39 is 0 Å². The Labute approximate surface area is 79.4 Å². The van der Waals surface area contributed by atoms with Gasteiger partial charge in [-0.05, 0) is 31.5 Å². The molecule has 1 heterocycles. The van der Waals surface area contributed by atoms with E-state index >= 15 is 0 Å². The number of aliphatic hydroxyl groups is 1. The maximum Gasteiger partial charge on any atom is 0.0443 e. The standard InChI is InChI=1S/C10H18N2O/c1-12(6-2-8-13)7-4-10-3-5-11-9-10/h3,5,9,11,13H,2,4,6-8H2,1H3. The predicted molar refractivity (Wildman–Crippen MR) is 53.7 cm³/mol. The van der Waals surface area contributed by atoms with Crippen LogP contribution in [-0.2, 0) is 6.42 Å². The van der Waals surface area contributed by atoms with Crippen LogP contribution in [0.15, 0.2) is 18.5 Å². The van der Waals surface area contributed by atoms with Gasteiger partial charge in [0.25, 0.3) is 0 Å². The lowest BCUT2D eigenvalue weighted by atomic mass is 10.2. The van der Waals surface area contributed by atoms with Crippen molar-refractivity contribution < 1.29 is 5.11 Å². The number of nitrogens with one attached hydrogen (secondary N) is 1. The summed E-state index contributed by atoms with van der Waals surface area (Å²) in [5.41, 5.74) is 1.34. The molecule has 3 heteroatoms. The molecule has 2 N–H and O–H groups in total. The summed E-state index contributed by atoms with van der Waals surface area (Å²) < 4.78 is 0. The summed E-state index contributed by atoms with van der Waals surface area (Å²) in [7, 11) is 2.09. The Bertz CT molecular complexity index is 209. The fourth-order valence-corrected chi connectivity index (χ4v) is 1.29. The Balaban J connectivity index is 2.11. The van der Waals surface area contributed by atoms with Crippen molar-refractivity contribution in [2.75, 3.05) is 26.7 Å². The first-order chi connectivity index (χ1) is 6.33. The molecular formula is C10H18N2O. The van der Waals surface area contributed by atoms with Gasteiger partial charge in [0.2, 0.25) is 0 Å². The Morgan fingerprint density at radius 2 is 2.31 bits per heavy atom. The maximum atomic E-state index is 8.64. The zero-order valence-electron chi connectivity index (χ0n) is 8.16. The highest BCUT2D eigenvalue weighted by Gasteiger charge is 1.98. The molecule has 1 aromatic heterocycles. The van der Waals surface area contributed by atoms with Crippen LogP contribution in [0, 0.1) is 0 Å². The zero-order chi connectivity index (χ0) is 9.52. The van der Waals surface area contributed by atoms with Gasteiger partial charge < -0.3 is 15.0 Å². The lowest BCUT2D eigenvalue weighted by Gasteiger charge is -2.14. The van der Waals surface area contributed by atoms with Crippen LogP contribution in [0.25, 0.3) is 0 Å². The predicted octanol–water partition coefficient (Wildman–Crippen LogP) is 0.871. The first-order valence-corrected chi connectivity index (χ1v) is 4.74. The van der Waals surface area contributed by atoms with Crippen molar-refractivity contribution in [2.45, 2.75) is 12.8 Å². The third-order valence-electron chi connectivity index (χ3n) is 2.14. The first-order valence-electron chi connectivity index (χ1n) is 4.74. The molecule has 1 aromatic rings. The Hall–Kier alpha value is -0.800. The topological polar surface area (TPSA) is 39.3 Å². The van der Waals surface area contributed by atoms with E-state index in [1.165, 1.54) is 5.56 Å². The molecule has 0 amide bonds. The normalized spacial score (nSPS) is 11.0. The minimum Gasteiger partial charge on any atom is -0.396 e. The summed E-state index contributed by atoms with van der Waals surface area (Å²) in [6.45, 7) is 2.31. The van der Waals surface area contributed by atoms with Crippen LogP contribution < -0.4 is 0 Å². The van der Waals surface area contributed by atoms with Crippen LogP contribution in [0.2, 0.25) is 0 Å². The summed E-state index contributed by atoms with van der Waals surface area (Å²) in [4.78, 5) is 5.28. The molecule has 0 aromatic carbocycles. The van der Waals surface area contributed by atoms with Gasteiger partial charge in [0.1, 0.15) is 0 Å². The number of hydrogen-bond donors (Lipinski definition) is 2. The van der Waals surface area contributed by atoms with Gasteiger partial charge in [-0.3, -0.25) is 0 Å². The molecular weight excluding hydrogens is 164 g/mol. The van der Waals surface area contributed by atoms with E-state index in [0.29, 0.717) is 0 Å². The average Bonchev–Trinajstić information content (AvgIpc) is 2.64. The summed E-state index contributed by atoms with van der Waals surface area (Å²) in [6.07, 6.45) is 5.91. The molecule has 0 unspecified atom stereocenters. The summed E-state index contributed by atoms with van der Waals surface area (Å²) in [6, 6.07) is 2.10. The van der Waals surface area contributed by atoms with E-state index in [-0.39, 0.29) is 6.61 Å². The lowest BCUT2D eigenvalue weighted by Crippen LogP contribution is -2.22. The molecule has 74 valence electrons. The van der Waals surface area contributed by atoms with Crippen molar-refractivity contribution in [2.24, 2.45) is 0 Å². The Kier molecular flexibility index (Phi) is 4.57. The van der Waals surface area contributed by atoms with Gasteiger partial charge in [0.15, 0.2) is 0 Å². The fourth-order valence-electron chi connectivity index (χ4n) is 1.29. The van der Waals surface area contributed by atoms with Crippen LogP contribution >= 0.6 is 0 Å². The number of aromatic amines is 1. The van der Waals surface area contributed by atoms with Crippen molar-refractivity contribution in [3.05, 3.63) is 24.0 Å². The van der Waals surface area contributed by atoms with Crippen molar-refractivity contribution in [1.82, 2.24) is 9.88 Å². The van der Waals surface area contributed by atoms with E-state index in [9.17, 15) is 0 Å².